The quantitative estimate of drug-likeness (QED) is 0.332. The van der Waals surface area contributed by atoms with Gasteiger partial charge in [0.05, 0.1) is 0 Å². The van der Waals surface area contributed by atoms with E-state index in [9.17, 15) is 0 Å². The van der Waals surface area contributed by atoms with Gasteiger partial charge in [0.2, 0.25) is 0 Å². The second-order valence-electron chi connectivity index (χ2n) is 3.89. The Morgan fingerprint density at radius 1 is 0.706 bits per heavy atom. The molecule has 0 aromatic heterocycles. The normalized spacial score (nSPS) is 16.6. The Morgan fingerprint density at radius 2 is 1.00 bits per heavy atom. The van der Waals surface area contributed by atoms with Crippen LogP contribution in [0, 0.1) is 0 Å². The van der Waals surface area contributed by atoms with Crippen LogP contribution in [0.3, 0.4) is 0 Å². The zero-order valence-corrected chi connectivity index (χ0v) is 23.9. The second kappa shape index (κ2) is 18.2. The molecule has 2 N–H and O–H groups in total. The van der Waals surface area contributed by atoms with Crippen LogP contribution in [0.5, 0.6) is 0 Å². The molecule has 1 saturated heterocycles. The first-order valence-electron chi connectivity index (χ1n) is 5.60. The second-order valence-corrected chi connectivity index (χ2v) is 3.89. The molecule has 1 radical (unpaired) electrons. The van der Waals surface area contributed by atoms with E-state index in [-0.39, 0.29) is 137 Å². The predicted octanol–water partition coefficient (Wildman–Crippen LogP) is -4.51. The molecule has 1 aliphatic heterocycles. The maximum atomic E-state index is 7.09. The molecule has 0 spiro atoms. The molecular weight excluding hydrogens is 533 g/mol. The van der Waals surface area contributed by atoms with Crippen molar-refractivity contribution in [2.45, 2.75) is 12.8 Å². The zero-order valence-electron chi connectivity index (χ0n) is 11.3. The molecule has 7 heteroatoms. The van der Waals surface area contributed by atoms with Crippen molar-refractivity contribution in [3.63, 3.8) is 0 Å². The van der Waals surface area contributed by atoms with E-state index >= 15 is 0 Å². The summed E-state index contributed by atoms with van der Waals surface area (Å²) in [4.78, 5) is 4.90. The molecule has 1 aliphatic rings. The van der Waals surface area contributed by atoms with Crippen LogP contribution < -0.4 is 116 Å². The fraction of sp³-hybridized carbons (Fsp3) is 1.00. The van der Waals surface area contributed by atoms with Crippen LogP contribution in [0.4, 0.5) is 0 Å². The molecule has 0 bridgehead atoms. The third kappa shape index (κ3) is 13.5. The molecule has 1 rings (SSSR count). The summed E-state index contributed by atoms with van der Waals surface area (Å²) in [5.41, 5.74) is 14.2. The van der Waals surface area contributed by atoms with Crippen molar-refractivity contribution >= 4 is 0 Å². The van der Waals surface area contributed by atoms with Gasteiger partial charge in [0.25, 0.3) is 0 Å². The van der Waals surface area contributed by atoms with E-state index in [0.717, 1.165) is 52.1 Å². The van der Waals surface area contributed by atoms with Gasteiger partial charge in [0, 0.05) is 46.6 Å². The van der Waals surface area contributed by atoms with Crippen LogP contribution in [0.1, 0.15) is 12.8 Å². The average molecular weight is 555 g/mol. The summed E-state index contributed by atoms with van der Waals surface area (Å²) in [6.07, 6.45) is 2.01. The molecule has 4 nitrogen and oxygen atoms in total. The number of nitrogens with one attached hydrogen (secondary N) is 2. The Morgan fingerprint density at radius 3 is 1.24 bits per heavy atom. The van der Waals surface area contributed by atoms with E-state index in [1.165, 1.54) is 0 Å². The monoisotopic (exact) mass is 555 g/mol. The summed E-state index contributed by atoms with van der Waals surface area (Å²) in [6.45, 7) is 7.90. The van der Waals surface area contributed by atoms with Crippen LogP contribution in [-0.4, -0.2) is 62.2 Å². The van der Waals surface area contributed by atoms with Gasteiger partial charge in [0.15, 0.2) is 0 Å². The Bertz CT molecular complexity index is 130. The molecule has 0 aliphatic carbocycles. The predicted molar refractivity (Wildman–Crippen MR) is 60.5 cm³/mol. The van der Waals surface area contributed by atoms with Gasteiger partial charge in [0.1, 0.15) is 0 Å². The topological polar surface area (TPSA) is 54.1 Å². The molecular formula is C10H22N4Rb2Re. The SMILES string of the molecule is [NH-]CCCN1CCN(CCC[NH-])CC1.[Rb+].[Rb+].[Re]. The van der Waals surface area contributed by atoms with Gasteiger partial charge in [-0.25, -0.2) is 0 Å². The number of rotatable bonds is 6. The number of hydrogen-bond acceptors (Lipinski definition) is 2. The Balaban J connectivity index is -0.000000653. The summed E-state index contributed by atoms with van der Waals surface area (Å²) < 4.78 is 0. The summed E-state index contributed by atoms with van der Waals surface area (Å²) >= 11 is 0. The van der Waals surface area contributed by atoms with Gasteiger partial charge in [-0.05, 0) is 13.1 Å². The maximum absolute atomic E-state index is 7.09. The molecule has 0 amide bonds. The van der Waals surface area contributed by atoms with Crippen molar-refractivity contribution in [1.82, 2.24) is 9.80 Å². The van der Waals surface area contributed by atoms with Crippen LogP contribution in [-0.2, 0) is 20.4 Å². The van der Waals surface area contributed by atoms with E-state index in [2.05, 4.69) is 9.80 Å². The van der Waals surface area contributed by atoms with Crippen molar-refractivity contribution in [3.05, 3.63) is 11.5 Å². The largest absolute Gasteiger partial charge is 1.00 e. The minimum Gasteiger partial charge on any atom is -0.677 e. The summed E-state index contributed by atoms with van der Waals surface area (Å²) in [5, 5.41) is 0. The average Bonchev–Trinajstić information content (AvgIpc) is 2.25. The molecule has 91 valence electrons. The zero-order chi connectivity index (χ0) is 10.2. The minimum absolute atomic E-state index is 0. The van der Waals surface area contributed by atoms with Crippen molar-refractivity contribution in [2.75, 3.05) is 52.4 Å². The van der Waals surface area contributed by atoms with E-state index in [1.54, 1.807) is 0 Å². The van der Waals surface area contributed by atoms with Gasteiger partial charge in [-0.15, -0.1) is 13.1 Å². The fourth-order valence-electron chi connectivity index (χ4n) is 1.84. The molecule has 0 aromatic carbocycles. The first kappa shape index (κ1) is 26.0. The molecule has 0 aromatic rings. The molecule has 1 fully saturated rings. The van der Waals surface area contributed by atoms with Crippen molar-refractivity contribution in [3.8, 4) is 0 Å². The van der Waals surface area contributed by atoms with Gasteiger partial charge in [-0.3, -0.25) is 0 Å². The number of nitrogens with zero attached hydrogens (tertiary/aromatic N) is 2. The standard InChI is InChI=1S/C10H22N4.2Rb.Re/c11-3-1-5-13-7-9-14(10-8-13)6-2-4-12;;;/h11-12H,1-10H2;;;/q-2;2*+1;. The van der Waals surface area contributed by atoms with E-state index < -0.39 is 0 Å². The first-order chi connectivity index (χ1) is 6.86. The summed E-state index contributed by atoms with van der Waals surface area (Å²) in [6, 6.07) is 0. The van der Waals surface area contributed by atoms with Gasteiger partial charge in [-0.1, -0.05) is 12.8 Å². The van der Waals surface area contributed by atoms with Crippen LogP contribution in [0.25, 0.3) is 11.5 Å². The summed E-state index contributed by atoms with van der Waals surface area (Å²) in [5.74, 6) is 0. The van der Waals surface area contributed by atoms with Gasteiger partial charge < -0.3 is 21.3 Å². The van der Waals surface area contributed by atoms with E-state index in [1.807, 2.05) is 0 Å². The number of hydrogen-bond donors (Lipinski definition) is 0. The maximum Gasteiger partial charge on any atom is 1.00 e. The molecule has 1 heterocycles. The molecule has 0 atom stereocenters. The first-order valence-corrected chi connectivity index (χ1v) is 5.60. The van der Waals surface area contributed by atoms with Crippen LogP contribution in [0.2, 0.25) is 0 Å². The minimum atomic E-state index is 0. The molecule has 0 saturated carbocycles. The van der Waals surface area contributed by atoms with Crippen LogP contribution >= 0.6 is 0 Å². The third-order valence-corrected chi connectivity index (χ3v) is 2.77. The van der Waals surface area contributed by atoms with Gasteiger partial charge in [-0.2, -0.15) is 0 Å². The Hall–Kier alpha value is 4.11. The smallest absolute Gasteiger partial charge is 0.677 e. The third-order valence-electron chi connectivity index (χ3n) is 2.77. The summed E-state index contributed by atoms with van der Waals surface area (Å²) in [7, 11) is 0. The van der Waals surface area contributed by atoms with E-state index in [0.29, 0.717) is 13.1 Å². The Kier molecular flexibility index (Phi) is 27.8. The van der Waals surface area contributed by atoms with Crippen LogP contribution in [0.15, 0.2) is 0 Å². The fourth-order valence-corrected chi connectivity index (χ4v) is 1.84. The molecule has 17 heavy (non-hydrogen) atoms. The van der Waals surface area contributed by atoms with Crippen molar-refractivity contribution in [2.24, 2.45) is 0 Å². The van der Waals surface area contributed by atoms with E-state index in [4.69, 9.17) is 11.5 Å². The Labute approximate surface area is 218 Å². The number of piperazine rings is 1. The van der Waals surface area contributed by atoms with Crippen molar-refractivity contribution in [1.29, 1.82) is 0 Å². The van der Waals surface area contributed by atoms with Gasteiger partial charge >= 0.3 is 116 Å². The molecule has 0 unspecified atom stereocenters. The van der Waals surface area contributed by atoms with Crippen molar-refractivity contribution < 1.29 is 137 Å².